The molecule has 0 aliphatic heterocycles. The number of amides is 1. The maximum Gasteiger partial charge on any atom is 0.268 e. The molecule has 0 saturated carbocycles. The topological polar surface area (TPSA) is 128 Å². The predicted octanol–water partition coefficient (Wildman–Crippen LogP) is 9.36. The van der Waals surface area contributed by atoms with E-state index in [9.17, 15) is 24.5 Å². The van der Waals surface area contributed by atoms with Crippen LogP contribution in [-0.4, -0.2) is 79.8 Å². The molecule has 9 nitrogen and oxygen atoms in total. The summed E-state index contributed by atoms with van der Waals surface area (Å²) in [5, 5.41) is 23.9. The predicted molar refractivity (Wildman–Crippen MR) is 225 cm³/mol. The molecule has 3 N–H and O–H groups in total. The number of nitrogens with one attached hydrogen (secondary N) is 1. The zero-order valence-electron chi connectivity index (χ0n) is 34.5. The molecule has 310 valence electrons. The minimum Gasteiger partial charge on any atom is -0.756 e. The van der Waals surface area contributed by atoms with Gasteiger partial charge in [0.1, 0.15) is 13.2 Å². The first-order chi connectivity index (χ1) is 25.9. The fraction of sp³-hybridized carbons (Fsp3) is 0.659. The third-order valence-electron chi connectivity index (χ3n) is 8.45. The molecule has 0 aromatic carbocycles. The Bertz CT molecular complexity index is 1170. The van der Waals surface area contributed by atoms with Crippen LogP contribution in [0, 0.1) is 0 Å². The molecule has 4 atom stereocenters. The molecule has 0 heterocycles. The average Bonchev–Trinajstić information content (AvgIpc) is 3.11. The van der Waals surface area contributed by atoms with Gasteiger partial charge in [0, 0.05) is 6.42 Å². The number of rotatable bonds is 35. The van der Waals surface area contributed by atoms with Gasteiger partial charge >= 0.3 is 0 Å². The van der Waals surface area contributed by atoms with Crippen molar-refractivity contribution in [2.75, 3.05) is 40.9 Å². The van der Waals surface area contributed by atoms with E-state index in [1.54, 1.807) is 12.2 Å². The maximum atomic E-state index is 12.8. The summed E-state index contributed by atoms with van der Waals surface area (Å²) in [6.07, 6.45) is 43.7. The van der Waals surface area contributed by atoms with Crippen LogP contribution in [0.5, 0.6) is 0 Å². The highest BCUT2D eigenvalue weighted by molar-refractivity contribution is 7.45. The molecule has 0 aliphatic rings. The summed E-state index contributed by atoms with van der Waals surface area (Å²) in [5.41, 5.74) is 0. The molecule has 0 radical (unpaired) electrons. The smallest absolute Gasteiger partial charge is 0.268 e. The third kappa shape index (κ3) is 36.6. The Labute approximate surface area is 329 Å². The molecule has 1 amide bonds. The first-order valence-corrected chi connectivity index (χ1v) is 22.0. The number of phosphoric acid groups is 1. The second-order valence-electron chi connectivity index (χ2n) is 14.8. The summed E-state index contributed by atoms with van der Waals surface area (Å²) in [4.78, 5) is 25.2. The van der Waals surface area contributed by atoms with E-state index in [0.717, 1.165) is 44.9 Å². The van der Waals surface area contributed by atoms with E-state index in [1.807, 2.05) is 57.6 Å². The van der Waals surface area contributed by atoms with Crippen LogP contribution in [0.25, 0.3) is 0 Å². The van der Waals surface area contributed by atoms with E-state index in [2.05, 4.69) is 55.6 Å². The monoisotopic (exact) mass is 777 g/mol. The number of aliphatic hydroxyl groups is 2. The van der Waals surface area contributed by atoms with E-state index >= 15 is 0 Å². The van der Waals surface area contributed by atoms with Gasteiger partial charge in [-0.2, -0.15) is 0 Å². The minimum absolute atomic E-state index is 0.0378. The van der Waals surface area contributed by atoms with Gasteiger partial charge < -0.3 is 34.0 Å². The Kier molecular flexibility index (Phi) is 33.5. The minimum atomic E-state index is -4.64. The lowest BCUT2D eigenvalue weighted by Crippen LogP contribution is -2.45. The number of quaternary nitrogens is 1. The van der Waals surface area contributed by atoms with Gasteiger partial charge in [-0.25, -0.2) is 0 Å². The zero-order chi connectivity index (χ0) is 40.2. The molecule has 0 bridgehead atoms. The number of aliphatic hydroxyl groups excluding tert-OH is 2. The molecule has 54 heavy (non-hydrogen) atoms. The Morgan fingerprint density at radius 3 is 1.93 bits per heavy atom. The van der Waals surface area contributed by atoms with Crippen molar-refractivity contribution in [1.82, 2.24) is 5.32 Å². The van der Waals surface area contributed by atoms with Gasteiger partial charge in [0.05, 0.1) is 46.0 Å². The van der Waals surface area contributed by atoms with Crippen molar-refractivity contribution >= 4 is 13.7 Å². The number of unbranched alkanes of at least 4 members (excludes halogenated alkanes) is 10. The highest BCUT2D eigenvalue weighted by Gasteiger charge is 2.23. The standard InChI is InChI=1S/C44H77N2O7P/c1-6-8-10-12-14-16-18-20-21-23-25-27-30-34-41(47)35-31-29-33-37-44(49)45-42(40-53-54(50,51)52-39-38-46(3,4)5)43(48)36-32-28-26-24-22-19-17-15-13-11-9-7-2/h8,10,14,16,20-21,25,27,29-32,34,36,41-43,47-48H,6-7,9,11-13,15,17-19,22-24,26,28,33,35,37-40H2,1-5H3,(H-,45,49,50,51)/b10-8-,16-14-,21-20-,27-25-,31-29-,34-30-,36-32+/t41?,42-,43+/m0/s1. The summed E-state index contributed by atoms with van der Waals surface area (Å²) in [6.45, 7) is 4.34. The van der Waals surface area contributed by atoms with E-state index < -0.39 is 32.7 Å². The van der Waals surface area contributed by atoms with Crippen LogP contribution in [0.4, 0.5) is 0 Å². The van der Waals surface area contributed by atoms with E-state index in [0.29, 0.717) is 23.9 Å². The van der Waals surface area contributed by atoms with E-state index in [1.165, 1.54) is 51.4 Å². The second-order valence-corrected chi connectivity index (χ2v) is 16.2. The summed E-state index contributed by atoms with van der Waals surface area (Å²) in [5.74, 6) is -0.346. The Morgan fingerprint density at radius 1 is 0.722 bits per heavy atom. The van der Waals surface area contributed by atoms with Crippen LogP contribution in [0.2, 0.25) is 0 Å². The SMILES string of the molecule is CC/C=C\C/C=C\C/C=C\C/C=C\C=C/C(O)C/C=C\CCC(=O)N[C@@H](COP(=O)([O-])OCC[N+](C)(C)C)[C@H](O)/C=C/CCCCCCCCCCCC. The van der Waals surface area contributed by atoms with Crippen molar-refractivity contribution in [3.63, 3.8) is 0 Å². The van der Waals surface area contributed by atoms with Crippen LogP contribution in [0.3, 0.4) is 0 Å². The highest BCUT2D eigenvalue weighted by atomic mass is 31.2. The lowest BCUT2D eigenvalue weighted by Gasteiger charge is -2.29. The molecular formula is C44H77N2O7P. The summed E-state index contributed by atoms with van der Waals surface area (Å²) < 4.78 is 23.0. The summed E-state index contributed by atoms with van der Waals surface area (Å²) in [6, 6.07) is -0.972. The number of allylic oxidation sites excluding steroid dienone is 11. The van der Waals surface area contributed by atoms with Gasteiger partial charge in [0.15, 0.2) is 0 Å². The number of hydrogen-bond donors (Lipinski definition) is 3. The molecule has 0 aromatic heterocycles. The highest BCUT2D eigenvalue weighted by Crippen LogP contribution is 2.38. The van der Waals surface area contributed by atoms with Gasteiger partial charge in [-0.1, -0.05) is 157 Å². The third-order valence-corrected chi connectivity index (χ3v) is 9.42. The molecule has 0 spiro atoms. The number of likely N-dealkylation sites (N-methyl/N-ethyl adjacent to an activating group) is 1. The quantitative estimate of drug-likeness (QED) is 0.0192. The van der Waals surface area contributed by atoms with Gasteiger partial charge in [0.25, 0.3) is 7.82 Å². The number of carbonyl (C=O) groups is 1. The van der Waals surface area contributed by atoms with Gasteiger partial charge in [-0.15, -0.1) is 0 Å². The molecule has 0 fully saturated rings. The van der Waals surface area contributed by atoms with Crippen molar-refractivity contribution in [2.24, 2.45) is 0 Å². The van der Waals surface area contributed by atoms with Crippen LogP contribution >= 0.6 is 7.82 Å². The summed E-state index contributed by atoms with van der Waals surface area (Å²) in [7, 11) is 1.13. The van der Waals surface area contributed by atoms with Gasteiger partial charge in [0.2, 0.25) is 5.91 Å². The van der Waals surface area contributed by atoms with Crippen LogP contribution in [-0.2, 0) is 18.4 Å². The molecule has 0 saturated heterocycles. The van der Waals surface area contributed by atoms with Gasteiger partial charge in [-0.3, -0.25) is 9.36 Å². The van der Waals surface area contributed by atoms with Crippen molar-refractivity contribution < 1.29 is 38.0 Å². The molecule has 10 heteroatoms. The molecule has 0 aliphatic carbocycles. The van der Waals surface area contributed by atoms with E-state index in [-0.39, 0.29) is 18.9 Å². The fourth-order valence-corrected chi connectivity index (χ4v) is 5.86. The average molecular weight is 777 g/mol. The van der Waals surface area contributed by atoms with Crippen LogP contribution < -0.4 is 10.2 Å². The normalized spacial score (nSPS) is 15.9. The molecule has 0 rings (SSSR count). The van der Waals surface area contributed by atoms with Crippen LogP contribution in [0.1, 0.15) is 129 Å². The first kappa shape index (κ1) is 51.6. The second kappa shape index (κ2) is 35.1. The lowest BCUT2D eigenvalue weighted by molar-refractivity contribution is -0.870. The first-order valence-electron chi connectivity index (χ1n) is 20.6. The van der Waals surface area contributed by atoms with Crippen molar-refractivity contribution in [3.05, 3.63) is 85.1 Å². The number of nitrogens with zero attached hydrogens (tertiary/aromatic N) is 1. The Morgan fingerprint density at radius 2 is 1.31 bits per heavy atom. The number of phosphoric ester groups is 1. The lowest BCUT2D eigenvalue weighted by atomic mass is 10.1. The molecule has 0 aromatic rings. The van der Waals surface area contributed by atoms with Crippen molar-refractivity contribution in [2.45, 2.75) is 148 Å². The molecule has 2 unspecified atom stereocenters. The fourth-order valence-electron chi connectivity index (χ4n) is 5.14. The van der Waals surface area contributed by atoms with Crippen molar-refractivity contribution in [1.29, 1.82) is 0 Å². The summed E-state index contributed by atoms with van der Waals surface area (Å²) >= 11 is 0. The number of hydrogen-bond acceptors (Lipinski definition) is 7. The van der Waals surface area contributed by atoms with Crippen molar-refractivity contribution in [3.8, 4) is 0 Å². The largest absolute Gasteiger partial charge is 0.756 e. The maximum absolute atomic E-state index is 12.8. The Hall–Kier alpha value is -2.36. The molecular weight excluding hydrogens is 699 g/mol. The van der Waals surface area contributed by atoms with Gasteiger partial charge in [-0.05, 0) is 51.4 Å². The zero-order valence-corrected chi connectivity index (χ0v) is 35.4. The number of carbonyl (C=O) groups excluding carboxylic acids is 1. The van der Waals surface area contributed by atoms with E-state index in [4.69, 9.17) is 9.05 Å². The van der Waals surface area contributed by atoms with Crippen LogP contribution in [0.15, 0.2) is 85.1 Å². The Balaban J connectivity index is 4.74.